The fourth-order valence-electron chi connectivity index (χ4n) is 4.41. The number of benzene rings is 3. The first-order valence-electron chi connectivity index (χ1n) is 10.6. The van der Waals surface area contributed by atoms with E-state index in [1.165, 1.54) is 31.2 Å². The molecule has 0 saturated carbocycles. The van der Waals surface area contributed by atoms with Gasteiger partial charge in [0.15, 0.2) is 0 Å². The van der Waals surface area contributed by atoms with E-state index in [1.54, 1.807) is 0 Å². The van der Waals surface area contributed by atoms with Crippen LogP contribution in [0, 0.1) is 5.82 Å². The van der Waals surface area contributed by atoms with Crippen LogP contribution in [0.2, 0.25) is 0 Å². The van der Waals surface area contributed by atoms with Crippen LogP contribution in [-0.4, -0.2) is 35.0 Å². The number of halogens is 1. The predicted octanol–water partition coefficient (Wildman–Crippen LogP) is 3.25. The van der Waals surface area contributed by atoms with E-state index in [9.17, 15) is 23.9 Å². The average Bonchev–Trinajstić information content (AvgIpc) is 3.12. The molecule has 0 unspecified atom stereocenters. The molecule has 3 aromatic rings. The molecule has 0 radical (unpaired) electrons. The first-order chi connectivity index (χ1) is 15.8. The lowest BCUT2D eigenvalue weighted by Crippen LogP contribution is -2.53. The van der Waals surface area contributed by atoms with Gasteiger partial charge in [0.25, 0.3) is 0 Å². The largest absolute Gasteiger partial charge is 0.480 e. The second kappa shape index (κ2) is 9.24. The van der Waals surface area contributed by atoms with Crippen LogP contribution >= 0.6 is 0 Å². The van der Waals surface area contributed by atoms with Crippen molar-refractivity contribution in [2.45, 2.75) is 31.3 Å². The Hall–Kier alpha value is -4.00. The summed E-state index contributed by atoms with van der Waals surface area (Å²) in [7, 11) is 0. The van der Waals surface area contributed by atoms with Crippen molar-refractivity contribution < 1.29 is 23.9 Å². The number of carboxylic acid groups (broad SMARTS) is 1. The number of carbonyl (C=O) groups is 3. The summed E-state index contributed by atoms with van der Waals surface area (Å²) in [5.74, 6) is -3.22. The highest BCUT2D eigenvalue weighted by atomic mass is 19.1. The molecule has 1 aliphatic carbocycles. The third kappa shape index (κ3) is 4.62. The van der Waals surface area contributed by atoms with Gasteiger partial charge in [-0.2, -0.15) is 0 Å². The number of aliphatic carboxylic acids is 1. The van der Waals surface area contributed by atoms with Crippen molar-refractivity contribution in [2.75, 3.05) is 0 Å². The molecule has 0 spiro atoms. The van der Waals surface area contributed by atoms with Crippen molar-refractivity contribution in [3.63, 3.8) is 0 Å². The lowest BCUT2D eigenvalue weighted by Gasteiger charge is -2.26. The number of nitrogens with one attached hydrogen (secondary N) is 2. The Morgan fingerprint density at radius 2 is 1.42 bits per heavy atom. The molecule has 6 nitrogen and oxygen atoms in total. The summed E-state index contributed by atoms with van der Waals surface area (Å²) in [6, 6.07) is 18.4. The lowest BCUT2D eigenvalue weighted by molar-refractivity contribution is -0.142. The monoisotopic (exact) mass is 446 g/mol. The third-order valence-corrected chi connectivity index (χ3v) is 5.83. The second-order valence-corrected chi connectivity index (χ2v) is 8.06. The van der Waals surface area contributed by atoms with Gasteiger partial charge in [0.2, 0.25) is 11.8 Å². The van der Waals surface area contributed by atoms with Gasteiger partial charge >= 0.3 is 5.97 Å². The van der Waals surface area contributed by atoms with Gasteiger partial charge in [-0.25, -0.2) is 9.18 Å². The van der Waals surface area contributed by atoms with Gasteiger partial charge in [0.1, 0.15) is 17.9 Å². The summed E-state index contributed by atoms with van der Waals surface area (Å²) in [4.78, 5) is 37.3. The zero-order valence-electron chi connectivity index (χ0n) is 17.9. The predicted molar refractivity (Wildman–Crippen MR) is 121 cm³/mol. The fourth-order valence-corrected chi connectivity index (χ4v) is 4.41. The Labute approximate surface area is 190 Å². The molecule has 7 heteroatoms. The van der Waals surface area contributed by atoms with Crippen LogP contribution in [-0.2, 0) is 20.8 Å². The smallest absolute Gasteiger partial charge is 0.327 e. The first kappa shape index (κ1) is 22.2. The standard InChI is InChI=1S/C26H23FN2O4/c1-15(30)28-22(14-16-10-12-17(27)13-11-16)25(31)29-24(26(32)33)23-20-8-4-2-6-18(20)19-7-3-5-9-21(19)23/h2-13,22-24H,14H2,1H3,(H,28,30)(H,29,31)(H,32,33)/t22-,24+/m0/s1. The fraction of sp³-hybridized carbons (Fsp3) is 0.192. The van der Waals surface area contributed by atoms with Gasteiger partial charge in [0, 0.05) is 19.3 Å². The Kier molecular flexibility index (Phi) is 6.22. The highest BCUT2D eigenvalue weighted by molar-refractivity contribution is 5.92. The van der Waals surface area contributed by atoms with Crippen LogP contribution in [0.4, 0.5) is 4.39 Å². The number of fused-ring (bicyclic) bond motifs is 3. The van der Waals surface area contributed by atoms with Gasteiger partial charge < -0.3 is 15.7 Å². The molecule has 0 aliphatic heterocycles. The summed E-state index contributed by atoms with van der Waals surface area (Å²) in [6.07, 6.45) is 0.0931. The van der Waals surface area contributed by atoms with Crippen molar-refractivity contribution in [1.29, 1.82) is 0 Å². The maximum Gasteiger partial charge on any atom is 0.327 e. The number of rotatable bonds is 7. The van der Waals surface area contributed by atoms with E-state index < -0.39 is 41.6 Å². The minimum Gasteiger partial charge on any atom is -0.480 e. The number of hydrogen-bond donors (Lipinski definition) is 3. The Bertz CT molecular complexity index is 1160. The molecule has 4 rings (SSSR count). The minimum absolute atomic E-state index is 0.0931. The normalized spacial score (nSPS) is 14.0. The molecule has 0 fully saturated rings. The van der Waals surface area contributed by atoms with Crippen LogP contribution in [0.1, 0.15) is 29.5 Å². The van der Waals surface area contributed by atoms with Crippen molar-refractivity contribution in [3.8, 4) is 11.1 Å². The minimum atomic E-state index is -1.24. The average molecular weight is 446 g/mol. The first-order valence-corrected chi connectivity index (χ1v) is 10.6. The van der Waals surface area contributed by atoms with Gasteiger partial charge in [0.05, 0.1) is 0 Å². The van der Waals surface area contributed by atoms with Gasteiger partial charge in [-0.1, -0.05) is 60.7 Å². The van der Waals surface area contributed by atoms with E-state index in [-0.39, 0.29) is 6.42 Å². The Morgan fingerprint density at radius 1 is 0.879 bits per heavy atom. The van der Waals surface area contributed by atoms with E-state index in [0.717, 1.165) is 22.3 Å². The molecule has 3 aromatic carbocycles. The summed E-state index contributed by atoms with van der Waals surface area (Å²) in [5, 5.41) is 15.3. The molecular weight excluding hydrogens is 423 g/mol. The van der Waals surface area contributed by atoms with Crippen LogP contribution in [0.5, 0.6) is 0 Å². The number of carbonyl (C=O) groups excluding carboxylic acids is 2. The van der Waals surface area contributed by atoms with Gasteiger partial charge in [-0.15, -0.1) is 0 Å². The van der Waals surface area contributed by atoms with Crippen LogP contribution in [0.25, 0.3) is 11.1 Å². The van der Waals surface area contributed by atoms with E-state index in [1.807, 2.05) is 48.5 Å². The van der Waals surface area contributed by atoms with Crippen molar-refractivity contribution >= 4 is 17.8 Å². The summed E-state index contributed by atoms with van der Waals surface area (Å²) < 4.78 is 13.3. The zero-order valence-corrected chi connectivity index (χ0v) is 17.9. The molecule has 0 saturated heterocycles. The Balaban J connectivity index is 1.64. The number of amides is 2. The maximum atomic E-state index is 13.3. The van der Waals surface area contributed by atoms with Crippen molar-refractivity contribution in [1.82, 2.24) is 10.6 Å². The molecule has 168 valence electrons. The lowest BCUT2D eigenvalue weighted by atomic mass is 9.89. The van der Waals surface area contributed by atoms with E-state index >= 15 is 0 Å². The van der Waals surface area contributed by atoms with Crippen LogP contribution in [0.3, 0.4) is 0 Å². The van der Waals surface area contributed by atoms with Crippen LogP contribution in [0.15, 0.2) is 72.8 Å². The maximum absolute atomic E-state index is 13.3. The third-order valence-electron chi connectivity index (χ3n) is 5.83. The summed E-state index contributed by atoms with van der Waals surface area (Å²) in [5.41, 5.74) is 4.14. The molecular formula is C26H23FN2O4. The van der Waals surface area contributed by atoms with Gasteiger partial charge in [-0.3, -0.25) is 9.59 Å². The quantitative estimate of drug-likeness (QED) is 0.519. The SMILES string of the molecule is CC(=O)N[C@@H](Cc1ccc(F)cc1)C(=O)N[C@@H](C(=O)O)C1c2ccccc2-c2ccccc21. The highest BCUT2D eigenvalue weighted by Crippen LogP contribution is 2.46. The van der Waals surface area contributed by atoms with Crippen molar-refractivity contribution in [2.24, 2.45) is 0 Å². The Morgan fingerprint density at radius 3 is 1.94 bits per heavy atom. The van der Waals surface area contributed by atoms with Crippen LogP contribution < -0.4 is 10.6 Å². The van der Waals surface area contributed by atoms with E-state index in [2.05, 4.69) is 10.6 Å². The second-order valence-electron chi connectivity index (χ2n) is 8.06. The summed E-state index contributed by atoms with van der Waals surface area (Å²) >= 11 is 0. The number of hydrogen-bond acceptors (Lipinski definition) is 3. The molecule has 1 aliphatic rings. The summed E-state index contributed by atoms with van der Waals surface area (Å²) in [6.45, 7) is 1.28. The molecule has 0 aromatic heterocycles. The molecule has 33 heavy (non-hydrogen) atoms. The topological polar surface area (TPSA) is 95.5 Å². The molecule has 0 bridgehead atoms. The van der Waals surface area contributed by atoms with E-state index in [4.69, 9.17) is 0 Å². The molecule has 2 amide bonds. The number of carboxylic acids is 1. The molecule has 3 N–H and O–H groups in total. The van der Waals surface area contributed by atoms with Crippen molar-refractivity contribution in [3.05, 3.63) is 95.3 Å². The molecule has 0 heterocycles. The highest BCUT2D eigenvalue weighted by Gasteiger charge is 2.39. The van der Waals surface area contributed by atoms with E-state index in [0.29, 0.717) is 5.56 Å². The van der Waals surface area contributed by atoms with Gasteiger partial charge in [-0.05, 0) is 39.9 Å². The molecule has 2 atom stereocenters. The zero-order chi connectivity index (χ0) is 23.5.